The van der Waals surface area contributed by atoms with Crippen LogP contribution >= 0.6 is 0 Å². The summed E-state index contributed by atoms with van der Waals surface area (Å²) in [6.07, 6.45) is 0.898. The van der Waals surface area contributed by atoms with Gasteiger partial charge < -0.3 is 14.2 Å². The lowest BCUT2D eigenvalue weighted by Crippen LogP contribution is -2.23. The molecule has 17 heavy (non-hydrogen) atoms. The standard InChI is InChI=1S/C13H17FO3/c1-3-6-15-12-5-4-10(14)9-11(12)13(2)16-7-8-17-13/h4-5,9H,3,6-8H2,1-2H3. The molecule has 0 aliphatic carbocycles. The zero-order valence-corrected chi connectivity index (χ0v) is 10.2. The Morgan fingerprint density at radius 3 is 2.71 bits per heavy atom. The van der Waals surface area contributed by atoms with Crippen molar-refractivity contribution in [1.29, 1.82) is 0 Å². The Bertz CT molecular complexity index is 386. The van der Waals surface area contributed by atoms with E-state index in [0.29, 0.717) is 31.1 Å². The molecular formula is C13H17FO3. The van der Waals surface area contributed by atoms with E-state index in [1.54, 1.807) is 13.0 Å². The highest BCUT2D eigenvalue weighted by atomic mass is 19.1. The van der Waals surface area contributed by atoms with Crippen LogP contribution in [0.15, 0.2) is 18.2 Å². The fraction of sp³-hybridized carbons (Fsp3) is 0.538. The zero-order chi connectivity index (χ0) is 12.3. The SMILES string of the molecule is CCCOc1ccc(F)cc1C1(C)OCCO1. The molecule has 0 spiro atoms. The van der Waals surface area contributed by atoms with Gasteiger partial charge in [0.05, 0.1) is 25.4 Å². The molecule has 94 valence electrons. The number of hydrogen-bond donors (Lipinski definition) is 0. The highest BCUT2D eigenvalue weighted by Gasteiger charge is 2.36. The van der Waals surface area contributed by atoms with E-state index in [9.17, 15) is 4.39 Å². The fourth-order valence-electron chi connectivity index (χ4n) is 1.86. The van der Waals surface area contributed by atoms with Gasteiger partial charge in [0.2, 0.25) is 0 Å². The first kappa shape index (κ1) is 12.3. The van der Waals surface area contributed by atoms with E-state index in [2.05, 4.69) is 0 Å². The van der Waals surface area contributed by atoms with Crippen molar-refractivity contribution in [3.8, 4) is 5.75 Å². The Kier molecular flexibility index (Phi) is 3.64. The molecule has 0 aromatic heterocycles. The molecule has 0 bridgehead atoms. The van der Waals surface area contributed by atoms with Gasteiger partial charge in [0.1, 0.15) is 11.6 Å². The smallest absolute Gasteiger partial charge is 0.195 e. The van der Waals surface area contributed by atoms with Crippen molar-refractivity contribution in [1.82, 2.24) is 0 Å². The first-order valence-corrected chi connectivity index (χ1v) is 5.86. The molecule has 3 nitrogen and oxygen atoms in total. The van der Waals surface area contributed by atoms with E-state index in [1.807, 2.05) is 6.92 Å². The van der Waals surface area contributed by atoms with Gasteiger partial charge >= 0.3 is 0 Å². The second-order valence-electron chi connectivity index (χ2n) is 4.13. The van der Waals surface area contributed by atoms with Gasteiger partial charge in [0.15, 0.2) is 5.79 Å². The van der Waals surface area contributed by atoms with E-state index >= 15 is 0 Å². The molecule has 1 aliphatic rings. The molecule has 1 aromatic rings. The van der Waals surface area contributed by atoms with Gasteiger partial charge in [0.25, 0.3) is 0 Å². The Labute approximate surface area is 100 Å². The normalized spacial score (nSPS) is 18.3. The minimum atomic E-state index is -0.898. The summed E-state index contributed by atoms with van der Waals surface area (Å²) >= 11 is 0. The van der Waals surface area contributed by atoms with E-state index in [0.717, 1.165) is 6.42 Å². The predicted molar refractivity (Wildman–Crippen MR) is 61.4 cm³/mol. The quantitative estimate of drug-likeness (QED) is 0.810. The fourth-order valence-corrected chi connectivity index (χ4v) is 1.86. The van der Waals surface area contributed by atoms with Gasteiger partial charge in [-0.05, 0) is 31.5 Å². The molecule has 0 unspecified atom stereocenters. The predicted octanol–water partition coefficient (Wildman–Crippen LogP) is 2.83. The van der Waals surface area contributed by atoms with Crippen molar-refractivity contribution in [3.63, 3.8) is 0 Å². The van der Waals surface area contributed by atoms with Crippen LogP contribution in [-0.4, -0.2) is 19.8 Å². The number of ether oxygens (including phenoxy) is 3. The van der Waals surface area contributed by atoms with Crippen molar-refractivity contribution < 1.29 is 18.6 Å². The Hall–Kier alpha value is -1.13. The highest BCUT2D eigenvalue weighted by molar-refractivity contribution is 5.37. The molecule has 1 heterocycles. The lowest BCUT2D eigenvalue weighted by atomic mass is 10.1. The number of halogens is 1. The van der Waals surface area contributed by atoms with Crippen LogP contribution in [0.25, 0.3) is 0 Å². The number of hydrogen-bond acceptors (Lipinski definition) is 3. The lowest BCUT2D eigenvalue weighted by molar-refractivity contribution is -0.151. The van der Waals surface area contributed by atoms with Crippen LogP contribution in [0, 0.1) is 5.82 Å². The van der Waals surface area contributed by atoms with Crippen molar-refractivity contribution in [2.24, 2.45) is 0 Å². The van der Waals surface area contributed by atoms with Gasteiger partial charge in [-0.2, -0.15) is 0 Å². The van der Waals surface area contributed by atoms with Crippen LogP contribution < -0.4 is 4.74 Å². The summed E-state index contributed by atoms with van der Waals surface area (Å²) in [5.41, 5.74) is 0.614. The molecule has 1 fully saturated rings. The van der Waals surface area contributed by atoms with Crippen molar-refractivity contribution in [2.75, 3.05) is 19.8 Å². The van der Waals surface area contributed by atoms with Crippen LogP contribution in [0.5, 0.6) is 5.75 Å². The van der Waals surface area contributed by atoms with Crippen LogP contribution in [0.1, 0.15) is 25.8 Å². The first-order chi connectivity index (χ1) is 8.15. The number of rotatable bonds is 4. The van der Waals surface area contributed by atoms with Crippen molar-refractivity contribution in [2.45, 2.75) is 26.1 Å². The molecule has 0 saturated carbocycles. The summed E-state index contributed by atoms with van der Waals surface area (Å²) in [6, 6.07) is 4.42. The molecule has 4 heteroatoms. The molecule has 2 rings (SSSR count). The summed E-state index contributed by atoms with van der Waals surface area (Å²) in [4.78, 5) is 0. The maximum absolute atomic E-state index is 13.3. The Balaban J connectivity index is 2.32. The van der Waals surface area contributed by atoms with E-state index < -0.39 is 5.79 Å². The molecule has 0 amide bonds. The van der Waals surface area contributed by atoms with Gasteiger partial charge in [-0.1, -0.05) is 6.92 Å². The van der Waals surface area contributed by atoms with Crippen molar-refractivity contribution in [3.05, 3.63) is 29.6 Å². The van der Waals surface area contributed by atoms with E-state index in [-0.39, 0.29) is 5.82 Å². The largest absolute Gasteiger partial charge is 0.493 e. The third kappa shape index (κ3) is 2.58. The molecule has 1 aromatic carbocycles. The zero-order valence-electron chi connectivity index (χ0n) is 10.2. The minimum absolute atomic E-state index is 0.316. The van der Waals surface area contributed by atoms with E-state index in [1.165, 1.54) is 12.1 Å². The molecule has 1 aliphatic heterocycles. The molecule has 1 saturated heterocycles. The second kappa shape index (κ2) is 5.02. The summed E-state index contributed by atoms with van der Waals surface area (Å²) in [5, 5.41) is 0. The third-order valence-electron chi connectivity index (χ3n) is 2.73. The third-order valence-corrected chi connectivity index (χ3v) is 2.73. The molecular weight excluding hydrogens is 223 g/mol. The Morgan fingerprint density at radius 2 is 2.06 bits per heavy atom. The van der Waals surface area contributed by atoms with Crippen molar-refractivity contribution >= 4 is 0 Å². The topological polar surface area (TPSA) is 27.7 Å². The molecule has 0 radical (unpaired) electrons. The maximum atomic E-state index is 13.3. The summed E-state index contributed by atoms with van der Waals surface area (Å²) in [5.74, 6) is -0.590. The van der Waals surface area contributed by atoms with Gasteiger partial charge in [-0.3, -0.25) is 0 Å². The number of benzene rings is 1. The summed E-state index contributed by atoms with van der Waals surface area (Å²) in [7, 11) is 0. The van der Waals surface area contributed by atoms with E-state index in [4.69, 9.17) is 14.2 Å². The second-order valence-corrected chi connectivity index (χ2v) is 4.13. The average Bonchev–Trinajstić information content (AvgIpc) is 2.76. The lowest BCUT2D eigenvalue weighted by Gasteiger charge is -2.25. The van der Waals surface area contributed by atoms with Crippen LogP contribution in [0.3, 0.4) is 0 Å². The maximum Gasteiger partial charge on any atom is 0.195 e. The van der Waals surface area contributed by atoms with Gasteiger partial charge in [-0.15, -0.1) is 0 Å². The summed E-state index contributed by atoms with van der Waals surface area (Å²) in [6.45, 7) is 5.43. The summed E-state index contributed by atoms with van der Waals surface area (Å²) < 4.78 is 30.0. The highest BCUT2D eigenvalue weighted by Crippen LogP contribution is 2.37. The monoisotopic (exact) mass is 240 g/mol. The molecule has 0 N–H and O–H groups in total. The molecule has 0 atom stereocenters. The first-order valence-electron chi connectivity index (χ1n) is 5.86. The minimum Gasteiger partial charge on any atom is -0.493 e. The average molecular weight is 240 g/mol. The van der Waals surface area contributed by atoms with Crippen LogP contribution in [0.4, 0.5) is 4.39 Å². The van der Waals surface area contributed by atoms with Gasteiger partial charge in [0, 0.05) is 0 Å². The van der Waals surface area contributed by atoms with Crippen LogP contribution in [-0.2, 0) is 15.3 Å². The van der Waals surface area contributed by atoms with Gasteiger partial charge in [-0.25, -0.2) is 4.39 Å². The van der Waals surface area contributed by atoms with Crippen LogP contribution in [0.2, 0.25) is 0 Å². The Morgan fingerprint density at radius 1 is 1.35 bits per heavy atom.